The number of amides is 2. The van der Waals surface area contributed by atoms with Crippen molar-refractivity contribution in [2.75, 3.05) is 25.5 Å². The molecule has 0 heterocycles. The van der Waals surface area contributed by atoms with Crippen molar-refractivity contribution in [1.82, 2.24) is 10.2 Å². The van der Waals surface area contributed by atoms with Gasteiger partial charge in [0.25, 0.3) is 0 Å². The molecule has 1 aromatic rings. The summed E-state index contributed by atoms with van der Waals surface area (Å²) in [6.07, 6.45) is 0. The molecule has 6 nitrogen and oxygen atoms in total. The van der Waals surface area contributed by atoms with Gasteiger partial charge >= 0.3 is 12.0 Å². The lowest BCUT2D eigenvalue weighted by Crippen LogP contribution is -2.37. The Labute approximate surface area is 132 Å². The molecule has 116 valence electrons. The van der Waals surface area contributed by atoms with Gasteiger partial charge in [0.15, 0.2) is 0 Å². The van der Waals surface area contributed by atoms with Gasteiger partial charge in [-0.05, 0) is 55.0 Å². The molecule has 3 N–H and O–H groups in total. The van der Waals surface area contributed by atoms with Crippen LogP contribution in [0.15, 0.2) is 22.7 Å². The van der Waals surface area contributed by atoms with Gasteiger partial charge in [-0.25, -0.2) is 9.59 Å². The molecule has 0 unspecified atom stereocenters. The summed E-state index contributed by atoms with van der Waals surface area (Å²) in [5.74, 6) is -1.01. The van der Waals surface area contributed by atoms with Crippen LogP contribution >= 0.6 is 15.9 Å². The molecule has 0 atom stereocenters. The quantitative estimate of drug-likeness (QED) is 0.730. The van der Waals surface area contributed by atoms with Crippen LogP contribution in [0.25, 0.3) is 0 Å². The third kappa shape index (κ3) is 5.73. The fourth-order valence-corrected chi connectivity index (χ4v) is 2.00. The highest BCUT2D eigenvalue weighted by atomic mass is 79.9. The number of hydrogen-bond acceptors (Lipinski definition) is 3. The molecule has 21 heavy (non-hydrogen) atoms. The predicted octanol–water partition coefficient (Wildman–Crippen LogP) is 2.61. The normalized spacial score (nSPS) is 10.8. The number of carbonyl (C=O) groups is 2. The average molecular weight is 358 g/mol. The first-order valence-electron chi connectivity index (χ1n) is 6.59. The highest BCUT2D eigenvalue weighted by Gasteiger charge is 2.09. The van der Waals surface area contributed by atoms with E-state index in [9.17, 15) is 9.59 Å². The predicted molar refractivity (Wildman–Crippen MR) is 85.9 cm³/mol. The van der Waals surface area contributed by atoms with Crippen molar-refractivity contribution in [3.8, 4) is 0 Å². The second-order valence-electron chi connectivity index (χ2n) is 4.96. The average Bonchev–Trinajstić information content (AvgIpc) is 2.40. The minimum atomic E-state index is -1.01. The standard InChI is InChI=1S/C14H20BrN3O3/c1-9(2)18(3)7-6-16-14(21)17-12-5-4-10(13(19)20)8-11(12)15/h4-5,8-9H,6-7H2,1-3H3,(H,19,20)(H2,16,17,21). The number of halogens is 1. The summed E-state index contributed by atoms with van der Waals surface area (Å²) in [4.78, 5) is 24.7. The van der Waals surface area contributed by atoms with Crippen LogP contribution in [0.1, 0.15) is 24.2 Å². The Kier molecular flexibility index (Phi) is 6.64. The van der Waals surface area contributed by atoms with Crippen molar-refractivity contribution in [3.63, 3.8) is 0 Å². The van der Waals surface area contributed by atoms with E-state index in [0.29, 0.717) is 22.7 Å². The lowest BCUT2D eigenvalue weighted by molar-refractivity contribution is 0.0697. The third-order valence-corrected chi connectivity index (χ3v) is 3.75. The number of carboxylic acid groups (broad SMARTS) is 1. The number of benzene rings is 1. The maximum Gasteiger partial charge on any atom is 0.335 e. The highest BCUT2D eigenvalue weighted by Crippen LogP contribution is 2.23. The van der Waals surface area contributed by atoms with Crippen molar-refractivity contribution < 1.29 is 14.7 Å². The Morgan fingerprint density at radius 1 is 1.38 bits per heavy atom. The Bertz CT molecular complexity index is 520. The number of likely N-dealkylation sites (N-methyl/N-ethyl adjacent to an activating group) is 1. The Morgan fingerprint density at radius 2 is 2.05 bits per heavy atom. The zero-order valence-corrected chi connectivity index (χ0v) is 13.9. The molecule has 1 aromatic carbocycles. The summed E-state index contributed by atoms with van der Waals surface area (Å²) >= 11 is 3.24. The van der Waals surface area contributed by atoms with Gasteiger partial charge in [-0.2, -0.15) is 0 Å². The van der Waals surface area contributed by atoms with Gasteiger partial charge in [0.1, 0.15) is 0 Å². The minimum Gasteiger partial charge on any atom is -0.478 e. The molecule has 0 aliphatic heterocycles. The minimum absolute atomic E-state index is 0.159. The van der Waals surface area contributed by atoms with Crippen LogP contribution in [0.2, 0.25) is 0 Å². The highest BCUT2D eigenvalue weighted by molar-refractivity contribution is 9.10. The molecule has 1 rings (SSSR count). The topological polar surface area (TPSA) is 81.7 Å². The summed E-state index contributed by atoms with van der Waals surface area (Å²) < 4.78 is 0.525. The van der Waals surface area contributed by atoms with E-state index < -0.39 is 5.97 Å². The van der Waals surface area contributed by atoms with Crippen molar-refractivity contribution in [2.45, 2.75) is 19.9 Å². The Balaban J connectivity index is 2.50. The van der Waals surface area contributed by atoms with Crippen LogP contribution in [-0.2, 0) is 0 Å². The summed E-state index contributed by atoms with van der Waals surface area (Å²) in [6.45, 7) is 5.46. The molecule has 0 fully saturated rings. The lowest BCUT2D eigenvalue weighted by atomic mass is 10.2. The first-order valence-corrected chi connectivity index (χ1v) is 7.38. The van der Waals surface area contributed by atoms with E-state index in [-0.39, 0.29) is 11.6 Å². The maximum atomic E-state index is 11.8. The lowest BCUT2D eigenvalue weighted by Gasteiger charge is -2.21. The molecular weight excluding hydrogens is 338 g/mol. The van der Waals surface area contributed by atoms with E-state index in [0.717, 1.165) is 6.54 Å². The van der Waals surface area contributed by atoms with Crippen LogP contribution in [0.5, 0.6) is 0 Å². The monoisotopic (exact) mass is 357 g/mol. The number of anilines is 1. The summed E-state index contributed by atoms with van der Waals surface area (Å²) in [7, 11) is 1.99. The summed E-state index contributed by atoms with van der Waals surface area (Å²) in [5, 5.41) is 14.3. The Morgan fingerprint density at radius 3 is 2.57 bits per heavy atom. The fourth-order valence-electron chi connectivity index (χ4n) is 1.52. The molecule has 0 saturated heterocycles. The van der Waals surface area contributed by atoms with Crippen molar-refractivity contribution >= 4 is 33.6 Å². The molecule has 0 aliphatic carbocycles. The molecule has 0 bridgehead atoms. The maximum absolute atomic E-state index is 11.8. The fraction of sp³-hybridized carbons (Fsp3) is 0.429. The molecular formula is C14H20BrN3O3. The SMILES string of the molecule is CC(C)N(C)CCNC(=O)Nc1ccc(C(=O)O)cc1Br. The number of rotatable bonds is 6. The number of hydrogen-bond donors (Lipinski definition) is 3. The van der Waals surface area contributed by atoms with Gasteiger partial charge < -0.3 is 20.6 Å². The summed E-state index contributed by atoms with van der Waals surface area (Å²) in [5.41, 5.74) is 0.682. The van der Waals surface area contributed by atoms with Crippen LogP contribution in [0.4, 0.5) is 10.5 Å². The van der Waals surface area contributed by atoms with E-state index in [1.54, 1.807) is 6.07 Å². The van der Waals surface area contributed by atoms with E-state index in [1.165, 1.54) is 12.1 Å². The van der Waals surface area contributed by atoms with Crippen LogP contribution < -0.4 is 10.6 Å². The van der Waals surface area contributed by atoms with Crippen molar-refractivity contribution in [3.05, 3.63) is 28.2 Å². The molecule has 0 saturated carbocycles. The van der Waals surface area contributed by atoms with E-state index in [1.807, 2.05) is 7.05 Å². The molecule has 7 heteroatoms. The number of aromatic carboxylic acids is 1. The second-order valence-corrected chi connectivity index (χ2v) is 5.81. The smallest absolute Gasteiger partial charge is 0.335 e. The second kappa shape index (κ2) is 7.99. The van der Waals surface area contributed by atoms with Gasteiger partial charge in [-0.15, -0.1) is 0 Å². The molecule has 0 aliphatic rings. The van der Waals surface area contributed by atoms with E-state index >= 15 is 0 Å². The Hall–Kier alpha value is -1.60. The number of carboxylic acids is 1. The van der Waals surface area contributed by atoms with Gasteiger partial charge in [-0.3, -0.25) is 0 Å². The number of nitrogens with zero attached hydrogens (tertiary/aromatic N) is 1. The number of carbonyl (C=O) groups excluding carboxylic acids is 1. The zero-order valence-electron chi connectivity index (χ0n) is 12.3. The van der Waals surface area contributed by atoms with E-state index in [2.05, 4.69) is 45.3 Å². The summed E-state index contributed by atoms with van der Waals surface area (Å²) in [6, 6.07) is 4.54. The molecule has 0 aromatic heterocycles. The van der Waals surface area contributed by atoms with Gasteiger partial charge in [0, 0.05) is 23.6 Å². The van der Waals surface area contributed by atoms with Gasteiger partial charge in [-0.1, -0.05) is 0 Å². The first kappa shape index (κ1) is 17.5. The van der Waals surface area contributed by atoms with Crippen molar-refractivity contribution in [2.24, 2.45) is 0 Å². The number of urea groups is 1. The molecule has 0 spiro atoms. The van der Waals surface area contributed by atoms with Crippen LogP contribution in [0.3, 0.4) is 0 Å². The molecule has 0 radical (unpaired) electrons. The first-order chi connectivity index (χ1) is 9.81. The molecule has 2 amide bonds. The van der Waals surface area contributed by atoms with Crippen LogP contribution in [0, 0.1) is 0 Å². The van der Waals surface area contributed by atoms with Crippen LogP contribution in [-0.4, -0.2) is 48.2 Å². The van der Waals surface area contributed by atoms with Gasteiger partial charge in [0.05, 0.1) is 11.3 Å². The number of nitrogens with one attached hydrogen (secondary N) is 2. The zero-order chi connectivity index (χ0) is 16.0. The van der Waals surface area contributed by atoms with Gasteiger partial charge in [0.2, 0.25) is 0 Å². The van der Waals surface area contributed by atoms with Crippen molar-refractivity contribution in [1.29, 1.82) is 0 Å². The van der Waals surface area contributed by atoms with E-state index in [4.69, 9.17) is 5.11 Å². The largest absolute Gasteiger partial charge is 0.478 e. The third-order valence-electron chi connectivity index (χ3n) is 3.10.